The summed E-state index contributed by atoms with van der Waals surface area (Å²) in [6.07, 6.45) is 2.42. The third kappa shape index (κ3) is 2.34. The van der Waals surface area contributed by atoms with Crippen molar-refractivity contribution in [2.75, 3.05) is 5.73 Å². The number of aryl methyl sites for hydroxylation is 2. The van der Waals surface area contributed by atoms with Gasteiger partial charge in [0.05, 0.1) is 12.7 Å². The van der Waals surface area contributed by atoms with Crippen LogP contribution in [0, 0.1) is 6.92 Å². The molecule has 0 fully saturated rings. The van der Waals surface area contributed by atoms with Crippen molar-refractivity contribution in [1.82, 2.24) is 20.5 Å². The van der Waals surface area contributed by atoms with Crippen molar-refractivity contribution in [2.24, 2.45) is 0 Å². The zero-order valence-corrected chi connectivity index (χ0v) is 10.3. The first kappa shape index (κ1) is 12.2. The summed E-state index contributed by atoms with van der Waals surface area (Å²) in [6, 6.07) is 0. The maximum Gasteiger partial charge on any atom is 0.257 e. The van der Waals surface area contributed by atoms with Gasteiger partial charge in [-0.2, -0.15) is 5.10 Å². The molecule has 4 N–H and O–H groups in total. The molecule has 2 heterocycles. The highest BCUT2D eigenvalue weighted by Crippen LogP contribution is 2.12. The Bertz CT molecular complexity index is 538. The van der Waals surface area contributed by atoms with Crippen LogP contribution in [0.3, 0.4) is 0 Å². The van der Waals surface area contributed by atoms with E-state index < -0.39 is 0 Å². The van der Waals surface area contributed by atoms with Crippen LogP contribution in [0.25, 0.3) is 0 Å². The fraction of sp³-hybridized carbons (Fsp3) is 0.364. The van der Waals surface area contributed by atoms with Crippen LogP contribution in [0.15, 0.2) is 10.6 Å². The lowest BCUT2D eigenvalue weighted by atomic mass is 10.2. The number of aromatic nitrogens is 3. The van der Waals surface area contributed by atoms with Crippen LogP contribution in [0.5, 0.6) is 0 Å². The van der Waals surface area contributed by atoms with E-state index >= 15 is 0 Å². The summed E-state index contributed by atoms with van der Waals surface area (Å²) in [4.78, 5) is 15.9. The van der Waals surface area contributed by atoms with Gasteiger partial charge in [-0.05, 0) is 6.92 Å². The molecule has 0 aliphatic rings. The third-order valence-electron chi connectivity index (χ3n) is 2.55. The van der Waals surface area contributed by atoms with Crippen molar-refractivity contribution in [3.05, 3.63) is 29.1 Å². The van der Waals surface area contributed by atoms with Crippen molar-refractivity contribution in [3.63, 3.8) is 0 Å². The van der Waals surface area contributed by atoms with Crippen molar-refractivity contribution < 1.29 is 9.21 Å². The van der Waals surface area contributed by atoms with E-state index in [9.17, 15) is 4.79 Å². The largest absolute Gasteiger partial charge is 0.444 e. The minimum Gasteiger partial charge on any atom is -0.444 e. The Hall–Kier alpha value is -2.31. The van der Waals surface area contributed by atoms with Crippen LogP contribution >= 0.6 is 0 Å². The molecule has 18 heavy (non-hydrogen) atoms. The first-order chi connectivity index (χ1) is 8.61. The quantitative estimate of drug-likeness (QED) is 0.741. The molecule has 0 aromatic carbocycles. The van der Waals surface area contributed by atoms with E-state index in [0.29, 0.717) is 17.1 Å². The van der Waals surface area contributed by atoms with Gasteiger partial charge in [-0.15, -0.1) is 0 Å². The van der Waals surface area contributed by atoms with Gasteiger partial charge in [-0.3, -0.25) is 9.89 Å². The topological polar surface area (TPSA) is 110 Å². The minimum atomic E-state index is -0.296. The normalized spacial score (nSPS) is 10.6. The van der Waals surface area contributed by atoms with Gasteiger partial charge in [0.2, 0.25) is 5.89 Å². The number of carbonyl (C=O) groups excluding carboxylic acids is 1. The number of nitrogens with two attached hydrogens (primary N) is 1. The van der Waals surface area contributed by atoms with Gasteiger partial charge < -0.3 is 15.5 Å². The Morgan fingerprint density at radius 3 is 2.94 bits per heavy atom. The summed E-state index contributed by atoms with van der Waals surface area (Å²) in [5.41, 5.74) is 6.58. The van der Waals surface area contributed by atoms with E-state index in [1.807, 2.05) is 6.92 Å². The lowest BCUT2D eigenvalue weighted by Gasteiger charge is -2.02. The fourth-order valence-electron chi connectivity index (χ4n) is 1.57. The van der Waals surface area contributed by atoms with Crippen molar-refractivity contribution in [2.45, 2.75) is 26.8 Å². The number of hydrogen-bond acceptors (Lipinski definition) is 5. The summed E-state index contributed by atoms with van der Waals surface area (Å²) in [7, 11) is 0. The van der Waals surface area contributed by atoms with Crippen LogP contribution in [-0.2, 0) is 13.0 Å². The van der Waals surface area contributed by atoms with Gasteiger partial charge in [-0.1, -0.05) is 6.92 Å². The zero-order valence-electron chi connectivity index (χ0n) is 10.3. The van der Waals surface area contributed by atoms with E-state index in [1.165, 1.54) is 0 Å². The average molecular weight is 249 g/mol. The standard InChI is InChI=1S/C11H15N5O2/c1-3-7-4-13-8(18-7)5-14-11(17)9-6(2)15-16-10(9)12/h4H,3,5H2,1-2H3,(H,14,17)(H3,12,15,16). The van der Waals surface area contributed by atoms with Crippen LogP contribution in [0.1, 0.15) is 34.6 Å². The van der Waals surface area contributed by atoms with E-state index in [1.54, 1.807) is 13.1 Å². The number of nitrogen functional groups attached to an aromatic ring is 1. The maximum absolute atomic E-state index is 11.9. The van der Waals surface area contributed by atoms with Crippen molar-refractivity contribution in [1.29, 1.82) is 0 Å². The molecule has 0 saturated heterocycles. The maximum atomic E-state index is 11.9. The summed E-state index contributed by atoms with van der Waals surface area (Å²) < 4.78 is 5.38. The van der Waals surface area contributed by atoms with Crippen LogP contribution in [0.2, 0.25) is 0 Å². The first-order valence-electron chi connectivity index (χ1n) is 5.64. The molecule has 2 aromatic rings. The molecule has 96 valence electrons. The Labute approximate surface area is 104 Å². The van der Waals surface area contributed by atoms with Gasteiger partial charge >= 0.3 is 0 Å². The van der Waals surface area contributed by atoms with Crippen molar-refractivity contribution >= 4 is 11.7 Å². The van der Waals surface area contributed by atoms with E-state index in [-0.39, 0.29) is 18.3 Å². The van der Waals surface area contributed by atoms with Gasteiger partial charge in [-0.25, -0.2) is 4.98 Å². The smallest absolute Gasteiger partial charge is 0.257 e. The van der Waals surface area contributed by atoms with Gasteiger partial charge in [0.25, 0.3) is 5.91 Å². The number of amides is 1. The summed E-state index contributed by atoms with van der Waals surface area (Å²) in [6.45, 7) is 3.93. The highest BCUT2D eigenvalue weighted by molar-refractivity contribution is 5.99. The Balaban J connectivity index is 2.00. The van der Waals surface area contributed by atoms with E-state index in [4.69, 9.17) is 10.2 Å². The van der Waals surface area contributed by atoms with Crippen molar-refractivity contribution in [3.8, 4) is 0 Å². The molecular weight excluding hydrogens is 234 g/mol. The second-order valence-corrected chi connectivity index (χ2v) is 3.87. The number of carbonyl (C=O) groups is 1. The Morgan fingerprint density at radius 2 is 2.39 bits per heavy atom. The second kappa shape index (κ2) is 4.91. The minimum absolute atomic E-state index is 0.187. The molecule has 0 saturated carbocycles. The molecule has 0 aliphatic heterocycles. The number of hydrogen-bond donors (Lipinski definition) is 3. The average Bonchev–Trinajstić information content (AvgIpc) is 2.93. The summed E-state index contributed by atoms with van der Waals surface area (Å²) >= 11 is 0. The highest BCUT2D eigenvalue weighted by Gasteiger charge is 2.16. The second-order valence-electron chi connectivity index (χ2n) is 3.87. The SMILES string of the molecule is CCc1cnc(CNC(=O)c2c(N)n[nH]c2C)o1. The number of H-pyrrole nitrogens is 1. The number of nitrogens with one attached hydrogen (secondary N) is 2. The molecule has 7 heteroatoms. The highest BCUT2D eigenvalue weighted by atomic mass is 16.4. The molecule has 0 radical (unpaired) electrons. The molecule has 2 rings (SSSR count). The van der Waals surface area contributed by atoms with Gasteiger partial charge in [0.15, 0.2) is 5.82 Å². The number of oxazole rings is 1. The van der Waals surface area contributed by atoms with Crippen LogP contribution in [-0.4, -0.2) is 21.1 Å². The number of anilines is 1. The van der Waals surface area contributed by atoms with E-state index in [2.05, 4.69) is 20.5 Å². The number of rotatable bonds is 4. The Morgan fingerprint density at radius 1 is 1.61 bits per heavy atom. The van der Waals surface area contributed by atoms with Gasteiger partial charge in [0.1, 0.15) is 11.3 Å². The van der Waals surface area contributed by atoms with E-state index in [0.717, 1.165) is 12.2 Å². The van der Waals surface area contributed by atoms with Crippen LogP contribution < -0.4 is 11.1 Å². The van der Waals surface area contributed by atoms with Gasteiger partial charge in [0, 0.05) is 12.1 Å². The molecule has 1 amide bonds. The molecule has 0 spiro atoms. The predicted molar refractivity (Wildman–Crippen MR) is 64.8 cm³/mol. The molecular formula is C11H15N5O2. The molecule has 0 bridgehead atoms. The molecule has 0 aliphatic carbocycles. The fourth-order valence-corrected chi connectivity index (χ4v) is 1.57. The molecule has 0 atom stereocenters. The lowest BCUT2D eigenvalue weighted by Crippen LogP contribution is -2.24. The molecule has 0 unspecified atom stereocenters. The zero-order chi connectivity index (χ0) is 13.1. The predicted octanol–water partition coefficient (Wildman–Crippen LogP) is 0.781. The first-order valence-corrected chi connectivity index (χ1v) is 5.64. The number of aromatic amines is 1. The van der Waals surface area contributed by atoms with Crippen LogP contribution in [0.4, 0.5) is 5.82 Å². The summed E-state index contributed by atoms with van der Waals surface area (Å²) in [5, 5.41) is 9.10. The number of nitrogens with zero attached hydrogens (tertiary/aromatic N) is 2. The molecule has 7 nitrogen and oxygen atoms in total. The summed E-state index contributed by atoms with van der Waals surface area (Å²) in [5.74, 6) is 1.15. The lowest BCUT2D eigenvalue weighted by molar-refractivity contribution is 0.0947. The third-order valence-corrected chi connectivity index (χ3v) is 2.55. The Kier molecular flexibility index (Phi) is 3.31. The monoisotopic (exact) mass is 249 g/mol. The molecule has 2 aromatic heterocycles.